The fourth-order valence-electron chi connectivity index (χ4n) is 1.49. The Balaban J connectivity index is 2.25. The van der Waals surface area contributed by atoms with Crippen LogP contribution in [-0.4, -0.2) is 35.4 Å². The van der Waals surface area contributed by atoms with Crippen molar-refractivity contribution in [3.8, 4) is 0 Å². The van der Waals surface area contributed by atoms with Crippen LogP contribution < -0.4 is 16.6 Å². The van der Waals surface area contributed by atoms with E-state index in [4.69, 9.17) is 4.74 Å². The minimum atomic E-state index is -0.986. The lowest BCUT2D eigenvalue weighted by Crippen LogP contribution is -2.34. The van der Waals surface area contributed by atoms with Gasteiger partial charge >= 0.3 is 5.69 Å². The van der Waals surface area contributed by atoms with Gasteiger partial charge in [-0.15, -0.1) is 0 Å². The van der Waals surface area contributed by atoms with E-state index in [-0.39, 0.29) is 6.10 Å². The molecule has 0 aliphatic rings. The summed E-state index contributed by atoms with van der Waals surface area (Å²) in [6.07, 6.45) is 2.01. The van der Waals surface area contributed by atoms with Crippen LogP contribution in [0.3, 0.4) is 0 Å². The number of ether oxygens (including phenoxy) is 1. The normalized spacial score (nSPS) is 11.2. The summed E-state index contributed by atoms with van der Waals surface area (Å²) in [6.45, 7) is 6.21. The summed E-state index contributed by atoms with van der Waals surface area (Å²) in [4.78, 5) is 24.1. The second kappa shape index (κ2) is 7.85. The van der Waals surface area contributed by atoms with Crippen LogP contribution in [0.15, 0.2) is 15.8 Å². The Labute approximate surface area is 110 Å². The van der Waals surface area contributed by atoms with Gasteiger partial charge in [0, 0.05) is 19.7 Å². The molecule has 0 aliphatic heterocycles. The maximum absolute atomic E-state index is 13.0. The molecule has 2 N–H and O–H groups in total. The Bertz CT molecular complexity index is 496. The molecule has 0 bridgehead atoms. The van der Waals surface area contributed by atoms with Crippen molar-refractivity contribution in [2.24, 2.45) is 0 Å². The maximum atomic E-state index is 13.0. The second-order valence-corrected chi connectivity index (χ2v) is 4.45. The first kappa shape index (κ1) is 15.6. The molecule has 7 heteroatoms. The van der Waals surface area contributed by atoms with Crippen LogP contribution in [0.4, 0.5) is 4.39 Å². The number of H-pyrrole nitrogens is 1. The number of nitrogens with one attached hydrogen (secondary N) is 2. The van der Waals surface area contributed by atoms with Crippen LogP contribution in [0.5, 0.6) is 0 Å². The van der Waals surface area contributed by atoms with E-state index in [1.54, 1.807) is 0 Å². The third-order valence-corrected chi connectivity index (χ3v) is 2.45. The van der Waals surface area contributed by atoms with Crippen molar-refractivity contribution in [1.29, 1.82) is 0 Å². The molecule has 0 spiro atoms. The average molecular weight is 273 g/mol. The van der Waals surface area contributed by atoms with Gasteiger partial charge in [0.25, 0.3) is 5.56 Å². The van der Waals surface area contributed by atoms with E-state index in [1.165, 1.54) is 0 Å². The van der Waals surface area contributed by atoms with Crippen molar-refractivity contribution in [1.82, 2.24) is 14.9 Å². The summed E-state index contributed by atoms with van der Waals surface area (Å²) in [6, 6.07) is 0. The van der Waals surface area contributed by atoms with E-state index in [0.717, 1.165) is 23.7 Å². The standard InChI is InChI=1S/C12H20FN3O3/c1-9(2)19-7-3-4-14-5-6-16-8-10(13)11(17)15-12(16)18/h8-9,14H,3-7H2,1-2H3,(H,15,17,18). The highest BCUT2D eigenvalue weighted by molar-refractivity contribution is 4.87. The van der Waals surface area contributed by atoms with Gasteiger partial charge in [0.2, 0.25) is 5.82 Å². The van der Waals surface area contributed by atoms with E-state index in [9.17, 15) is 14.0 Å². The lowest BCUT2D eigenvalue weighted by atomic mass is 10.4. The Morgan fingerprint density at radius 3 is 2.84 bits per heavy atom. The minimum Gasteiger partial charge on any atom is -0.379 e. The molecule has 19 heavy (non-hydrogen) atoms. The van der Waals surface area contributed by atoms with Gasteiger partial charge < -0.3 is 10.1 Å². The van der Waals surface area contributed by atoms with Crippen LogP contribution in [0, 0.1) is 5.82 Å². The molecule has 0 radical (unpaired) electrons. The Morgan fingerprint density at radius 2 is 2.16 bits per heavy atom. The first-order valence-corrected chi connectivity index (χ1v) is 6.32. The van der Waals surface area contributed by atoms with Gasteiger partial charge in [-0.3, -0.25) is 14.3 Å². The highest BCUT2D eigenvalue weighted by Crippen LogP contribution is 1.89. The molecule has 0 saturated carbocycles. The van der Waals surface area contributed by atoms with E-state index in [0.29, 0.717) is 19.7 Å². The Hall–Kier alpha value is -1.47. The number of aromatic amines is 1. The van der Waals surface area contributed by atoms with Crippen LogP contribution >= 0.6 is 0 Å². The van der Waals surface area contributed by atoms with Crippen LogP contribution in [0.1, 0.15) is 20.3 Å². The van der Waals surface area contributed by atoms with Gasteiger partial charge in [-0.2, -0.15) is 4.39 Å². The van der Waals surface area contributed by atoms with Gasteiger partial charge in [-0.25, -0.2) is 4.79 Å². The van der Waals surface area contributed by atoms with Gasteiger partial charge in [0.1, 0.15) is 0 Å². The minimum absolute atomic E-state index is 0.225. The molecule has 1 aromatic heterocycles. The second-order valence-electron chi connectivity index (χ2n) is 4.45. The van der Waals surface area contributed by atoms with Crippen LogP contribution in [0.25, 0.3) is 0 Å². The van der Waals surface area contributed by atoms with Gasteiger partial charge in [0.05, 0.1) is 12.3 Å². The van der Waals surface area contributed by atoms with Crippen molar-refractivity contribution in [2.75, 3.05) is 19.7 Å². The zero-order valence-electron chi connectivity index (χ0n) is 11.2. The van der Waals surface area contributed by atoms with Crippen molar-refractivity contribution in [3.63, 3.8) is 0 Å². The van der Waals surface area contributed by atoms with E-state index < -0.39 is 17.1 Å². The lowest BCUT2D eigenvalue weighted by molar-refractivity contribution is 0.0771. The molecular formula is C12H20FN3O3. The fourth-order valence-corrected chi connectivity index (χ4v) is 1.49. The predicted molar refractivity (Wildman–Crippen MR) is 69.9 cm³/mol. The SMILES string of the molecule is CC(C)OCCCNCCn1cc(F)c(=O)[nH]c1=O. The van der Waals surface area contributed by atoms with Crippen LogP contribution in [0.2, 0.25) is 0 Å². The van der Waals surface area contributed by atoms with E-state index in [2.05, 4.69) is 5.32 Å². The molecule has 108 valence electrons. The van der Waals surface area contributed by atoms with E-state index >= 15 is 0 Å². The van der Waals surface area contributed by atoms with Crippen LogP contribution in [-0.2, 0) is 11.3 Å². The summed E-state index contributed by atoms with van der Waals surface area (Å²) in [5, 5.41) is 3.11. The molecule has 0 aromatic carbocycles. The summed E-state index contributed by atoms with van der Waals surface area (Å²) in [5.74, 6) is -0.954. The quantitative estimate of drug-likeness (QED) is 0.658. The zero-order valence-corrected chi connectivity index (χ0v) is 11.2. The predicted octanol–water partition coefficient (Wildman–Crippen LogP) is 0.0804. The number of rotatable bonds is 8. The molecule has 0 unspecified atom stereocenters. The molecule has 0 amide bonds. The van der Waals surface area contributed by atoms with E-state index in [1.807, 2.05) is 18.8 Å². The number of halogens is 1. The highest BCUT2D eigenvalue weighted by atomic mass is 19.1. The fraction of sp³-hybridized carbons (Fsp3) is 0.667. The summed E-state index contributed by atoms with van der Waals surface area (Å²) >= 11 is 0. The van der Waals surface area contributed by atoms with Crippen molar-refractivity contribution in [3.05, 3.63) is 32.9 Å². The Morgan fingerprint density at radius 1 is 1.42 bits per heavy atom. The summed E-state index contributed by atoms with van der Waals surface area (Å²) in [5.41, 5.74) is -1.59. The molecule has 0 saturated heterocycles. The highest BCUT2D eigenvalue weighted by Gasteiger charge is 2.02. The van der Waals surface area contributed by atoms with Crippen molar-refractivity contribution >= 4 is 0 Å². The first-order chi connectivity index (χ1) is 9.00. The number of hydrogen-bond donors (Lipinski definition) is 2. The maximum Gasteiger partial charge on any atom is 0.328 e. The van der Waals surface area contributed by atoms with Crippen molar-refractivity contribution < 1.29 is 9.13 Å². The van der Waals surface area contributed by atoms with Gasteiger partial charge in [-0.05, 0) is 26.8 Å². The molecule has 0 aliphatic carbocycles. The number of nitrogens with zero attached hydrogens (tertiary/aromatic N) is 1. The third kappa shape index (κ3) is 5.80. The van der Waals surface area contributed by atoms with Gasteiger partial charge in [0.15, 0.2) is 0 Å². The molecular weight excluding hydrogens is 253 g/mol. The lowest BCUT2D eigenvalue weighted by Gasteiger charge is -2.09. The summed E-state index contributed by atoms with van der Waals surface area (Å²) < 4.78 is 19.5. The molecule has 1 rings (SSSR count). The molecule has 1 aromatic rings. The molecule has 0 fully saturated rings. The Kier molecular flexibility index (Phi) is 6.44. The summed E-state index contributed by atoms with van der Waals surface area (Å²) in [7, 11) is 0. The topological polar surface area (TPSA) is 76.1 Å². The zero-order chi connectivity index (χ0) is 14.3. The molecule has 1 heterocycles. The number of aromatic nitrogens is 2. The largest absolute Gasteiger partial charge is 0.379 e. The number of hydrogen-bond acceptors (Lipinski definition) is 4. The first-order valence-electron chi connectivity index (χ1n) is 6.32. The smallest absolute Gasteiger partial charge is 0.328 e. The molecule has 0 atom stereocenters. The third-order valence-electron chi connectivity index (χ3n) is 2.45. The van der Waals surface area contributed by atoms with Crippen molar-refractivity contribution in [2.45, 2.75) is 32.9 Å². The monoisotopic (exact) mass is 273 g/mol. The van der Waals surface area contributed by atoms with Gasteiger partial charge in [-0.1, -0.05) is 0 Å². The average Bonchev–Trinajstić information content (AvgIpc) is 2.33. The molecule has 6 nitrogen and oxygen atoms in total.